The van der Waals surface area contributed by atoms with Gasteiger partial charge in [0.2, 0.25) is 4.96 Å². The molecule has 6 heteroatoms. The molecule has 0 aliphatic heterocycles. The summed E-state index contributed by atoms with van der Waals surface area (Å²) in [4.78, 5) is 6.53. The van der Waals surface area contributed by atoms with Crippen LogP contribution in [0.1, 0.15) is 0 Å². The summed E-state index contributed by atoms with van der Waals surface area (Å²) in [6.07, 6.45) is 1.87. The van der Waals surface area contributed by atoms with Crippen LogP contribution in [0.5, 0.6) is 0 Å². The molecule has 0 aliphatic rings. The molecule has 4 rings (SSSR count). The molecule has 0 atom stereocenters. The Morgan fingerprint density at radius 1 is 1.10 bits per heavy atom. The van der Waals surface area contributed by atoms with Crippen LogP contribution in [0.2, 0.25) is 0 Å². The summed E-state index contributed by atoms with van der Waals surface area (Å²) in [7, 11) is 0. The van der Waals surface area contributed by atoms with Gasteiger partial charge in [-0.2, -0.15) is 5.10 Å². The summed E-state index contributed by atoms with van der Waals surface area (Å²) in [6.45, 7) is 0. The van der Waals surface area contributed by atoms with E-state index in [1.54, 1.807) is 39.3 Å². The molecule has 3 nitrogen and oxygen atoms in total. The highest BCUT2D eigenvalue weighted by Gasteiger charge is 2.11. The lowest BCUT2D eigenvalue weighted by atomic mass is 10.2. The maximum atomic E-state index is 12.9. The van der Waals surface area contributed by atoms with Crippen LogP contribution in [0.15, 0.2) is 48.0 Å². The maximum absolute atomic E-state index is 12.9. The Bertz CT molecular complexity index is 828. The van der Waals surface area contributed by atoms with Gasteiger partial charge in [-0.05, 0) is 35.7 Å². The number of imidazole rings is 1. The smallest absolute Gasteiger partial charge is 0.213 e. The predicted molar refractivity (Wildman–Crippen MR) is 79.6 cm³/mol. The summed E-state index contributed by atoms with van der Waals surface area (Å²) in [5.41, 5.74) is 1.70. The topological polar surface area (TPSA) is 30.2 Å². The van der Waals surface area contributed by atoms with Crippen molar-refractivity contribution in [2.45, 2.75) is 0 Å². The number of benzene rings is 1. The number of rotatable bonds is 2. The van der Waals surface area contributed by atoms with Crippen LogP contribution >= 0.6 is 22.7 Å². The minimum atomic E-state index is -0.243. The van der Waals surface area contributed by atoms with Gasteiger partial charge >= 0.3 is 0 Å². The van der Waals surface area contributed by atoms with Gasteiger partial charge in [0.05, 0.1) is 16.8 Å². The first-order valence-electron chi connectivity index (χ1n) is 5.96. The lowest BCUT2D eigenvalue weighted by Gasteiger charge is -1.94. The van der Waals surface area contributed by atoms with E-state index in [2.05, 4.69) is 10.1 Å². The van der Waals surface area contributed by atoms with E-state index in [-0.39, 0.29) is 5.82 Å². The van der Waals surface area contributed by atoms with Crippen molar-refractivity contribution >= 4 is 27.6 Å². The second-order valence-electron chi connectivity index (χ2n) is 4.24. The first kappa shape index (κ1) is 11.7. The molecule has 4 aromatic rings. The van der Waals surface area contributed by atoms with Crippen LogP contribution in [-0.4, -0.2) is 14.6 Å². The van der Waals surface area contributed by atoms with E-state index in [0.717, 1.165) is 26.1 Å². The standard InChI is InChI=1S/C14H8FN3S2/c15-10-5-3-9(4-6-10)11-8-18-14(16-11)20-13(17-18)12-2-1-7-19-12/h1-8H. The van der Waals surface area contributed by atoms with Crippen LogP contribution in [-0.2, 0) is 0 Å². The van der Waals surface area contributed by atoms with Crippen molar-refractivity contribution in [2.75, 3.05) is 0 Å². The molecule has 20 heavy (non-hydrogen) atoms. The second-order valence-corrected chi connectivity index (χ2v) is 6.15. The van der Waals surface area contributed by atoms with E-state index in [9.17, 15) is 4.39 Å². The number of hydrogen-bond acceptors (Lipinski definition) is 4. The zero-order valence-corrected chi connectivity index (χ0v) is 11.8. The predicted octanol–water partition coefficient (Wildman–Crippen LogP) is 4.33. The van der Waals surface area contributed by atoms with Crippen LogP contribution in [0.4, 0.5) is 4.39 Å². The Kier molecular flexibility index (Phi) is 2.64. The van der Waals surface area contributed by atoms with Crippen LogP contribution in [0.3, 0.4) is 0 Å². The fraction of sp³-hybridized carbons (Fsp3) is 0. The van der Waals surface area contributed by atoms with E-state index in [1.807, 2.05) is 23.7 Å². The highest BCUT2D eigenvalue weighted by atomic mass is 32.1. The van der Waals surface area contributed by atoms with Crippen LogP contribution < -0.4 is 0 Å². The van der Waals surface area contributed by atoms with Crippen molar-refractivity contribution in [3.8, 4) is 21.1 Å². The molecule has 0 aliphatic carbocycles. The molecule has 0 radical (unpaired) electrons. The molecule has 3 aromatic heterocycles. The Labute approximate surface area is 122 Å². The molecule has 0 unspecified atom stereocenters. The fourth-order valence-corrected chi connectivity index (χ4v) is 3.63. The highest BCUT2D eigenvalue weighted by molar-refractivity contribution is 7.23. The van der Waals surface area contributed by atoms with Crippen molar-refractivity contribution in [1.29, 1.82) is 0 Å². The van der Waals surface area contributed by atoms with E-state index in [1.165, 1.54) is 12.1 Å². The Hall–Kier alpha value is -2.05. The van der Waals surface area contributed by atoms with Gasteiger partial charge in [0.15, 0.2) is 5.01 Å². The molecule has 0 saturated heterocycles. The van der Waals surface area contributed by atoms with E-state index < -0.39 is 0 Å². The molecule has 0 bridgehead atoms. The normalized spacial score (nSPS) is 11.2. The van der Waals surface area contributed by atoms with Crippen molar-refractivity contribution in [3.63, 3.8) is 0 Å². The third-order valence-corrected chi connectivity index (χ3v) is 4.88. The Morgan fingerprint density at radius 2 is 1.95 bits per heavy atom. The number of thiophene rings is 1. The second kappa shape index (κ2) is 4.50. The maximum Gasteiger partial charge on any atom is 0.213 e. The van der Waals surface area contributed by atoms with E-state index in [4.69, 9.17) is 0 Å². The summed E-state index contributed by atoms with van der Waals surface area (Å²) < 4.78 is 14.7. The summed E-state index contributed by atoms with van der Waals surface area (Å²) in [5.74, 6) is -0.243. The van der Waals surface area contributed by atoms with Crippen molar-refractivity contribution in [3.05, 3.63) is 53.8 Å². The lowest BCUT2D eigenvalue weighted by molar-refractivity contribution is 0.628. The number of fused-ring (bicyclic) bond motifs is 1. The zero-order valence-electron chi connectivity index (χ0n) is 10.2. The van der Waals surface area contributed by atoms with Crippen molar-refractivity contribution in [1.82, 2.24) is 14.6 Å². The fourth-order valence-electron chi connectivity index (χ4n) is 1.96. The molecule has 1 aromatic carbocycles. The number of hydrogen-bond donors (Lipinski definition) is 0. The summed E-state index contributed by atoms with van der Waals surface area (Å²) in [5, 5.41) is 7.53. The van der Waals surface area contributed by atoms with Gasteiger partial charge in [-0.1, -0.05) is 17.4 Å². The Morgan fingerprint density at radius 3 is 2.65 bits per heavy atom. The minimum Gasteiger partial charge on any atom is -0.217 e. The molecule has 98 valence electrons. The molecular weight excluding hydrogens is 293 g/mol. The van der Waals surface area contributed by atoms with E-state index >= 15 is 0 Å². The first-order chi connectivity index (χ1) is 9.79. The van der Waals surface area contributed by atoms with Crippen molar-refractivity contribution in [2.24, 2.45) is 0 Å². The average Bonchev–Trinajstić information content (AvgIpc) is 3.14. The average molecular weight is 301 g/mol. The van der Waals surface area contributed by atoms with Gasteiger partial charge in [-0.25, -0.2) is 13.9 Å². The van der Waals surface area contributed by atoms with Crippen molar-refractivity contribution < 1.29 is 4.39 Å². The van der Waals surface area contributed by atoms with Crippen LogP contribution in [0, 0.1) is 5.82 Å². The molecule has 0 spiro atoms. The molecule has 0 fully saturated rings. The number of aromatic nitrogens is 3. The Balaban J connectivity index is 1.77. The molecular formula is C14H8FN3S2. The molecule has 0 saturated carbocycles. The van der Waals surface area contributed by atoms with E-state index in [0.29, 0.717) is 0 Å². The highest BCUT2D eigenvalue weighted by Crippen LogP contribution is 2.30. The monoisotopic (exact) mass is 301 g/mol. The quantitative estimate of drug-likeness (QED) is 0.552. The minimum absolute atomic E-state index is 0.243. The van der Waals surface area contributed by atoms with Crippen LogP contribution in [0.25, 0.3) is 26.1 Å². The van der Waals surface area contributed by atoms with Gasteiger partial charge in [-0.3, -0.25) is 0 Å². The molecule has 3 heterocycles. The number of halogens is 1. The largest absolute Gasteiger partial charge is 0.217 e. The third kappa shape index (κ3) is 1.93. The van der Waals surface area contributed by atoms with Gasteiger partial charge in [0, 0.05) is 5.56 Å². The van der Waals surface area contributed by atoms with Gasteiger partial charge in [0.25, 0.3) is 0 Å². The third-order valence-electron chi connectivity index (χ3n) is 2.92. The first-order valence-corrected chi connectivity index (χ1v) is 7.65. The van der Waals surface area contributed by atoms with Gasteiger partial charge in [-0.15, -0.1) is 11.3 Å². The SMILES string of the molecule is Fc1ccc(-c2cn3nc(-c4cccs4)sc3n2)cc1. The van der Waals surface area contributed by atoms with Gasteiger partial charge in [0.1, 0.15) is 5.82 Å². The molecule has 0 amide bonds. The number of nitrogens with zero attached hydrogens (tertiary/aromatic N) is 3. The lowest BCUT2D eigenvalue weighted by Crippen LogP contribution is -1.81. The molecule has 0 N–H and O–H groups in total. The summed E-state index contributed by atoms with van der Waals surface area (Å²) >= 11 is 3.21. The zero-order chi connectivity index (χ0) is 13.5. The van der Waals surface area contributed by atoms with Gasteiger partial charge < -0.3 is 0 Å². The summed E-state index contributed by atoms with van der Waals surface area (Å²) in [6, 6.07) is 10.4.